The third-order valence-electron chi connectivity index (χ3n) is 3.64. The van der Waals surface area contributed by atoms with E-state index in [1.54, 1.807) is 31.2 Å². The minimum Gasteiger partial charge on any atom is -0.868 e. The van der Waals surface area contributed by atoms with Crippen LogP contribution in [0.2, 0.25) is 0 Å². The summed E-state index contributed by atoms with van der Waals surface area (Å²) in [6.45, 7) is 1.63. The first-order chi connectivity index (χ1) is 11.5. The summed E-state index contributed by atoms with van der Waals surface area (Å²) < 4.78 is 1.24. The lowest BCUT2D eigenvalue weighted by molar-refractivity contribution is -0.398. The summed E-state index contributed by atoms with van der Waals surface area (Å²) in [5, 5.41) is 23.3. The van der Waals surface area contributed by atoms with Crippen molar-refractivity contribution in [3.8, 4) is 5.75 Å². The molecule has 0 aliphatic rings. The SMILES string of the molecule is Cc1nc2ccccc2c(=O)n1NCc1cccc([N+](=O)[O-])c1[O-]. The molecule has 0 radical (unpaired) electrons. The Morgan fingerprint density at radius 2 is 1.96 bits per heavy atom. The molecule has 1 N–H and O–H groups in total. The van der Waals surface area contributed by atoms with Gasteiger partial charge < -0.3 is 10.5 Å². The van der Waals surface area contributed by atoms with Gasteiger partial charge in [0.15, 0.2) is 0 Å². The highest BCUT2D eigenvalue weighted by Gasteiger charge is 2.11. The van der Waals surface area contributed by atoms with E-state index in [9.17, 15) is 20.0 Å². The second kappa shape index (κ2) is 5.99. The molecule has 3 rings (SSSR count). The predicted octanol–water partition coefficient (Wildman–Crippen LogP) is 1.43. The number of fused-ring (bicyclic) bond motifs is 1. The van der Waals surface area contributed by atoms with Crippen LogP contribution in [0.3, 0.4) is 0 Å². The molecule has 0 amide bonds. The number of hydrogen-bond donors (Lipinski definition) is 1. The Bertz CT molecular complexity index is 997. The van der Waals surface area contributed by atoms with Crippen LogP contribution in [-0.4, -0.2) is 14.6 Å². The van der Waals surface area contributed by atoms with Crippen molar-refractivity contribution < 1.29 is 10.0 Å². The molecule has 0 unspecified atom stereocenters. The number of hydrogen-bond acceptors (Lipinski definition) is 6. The zero-order chi connectivity index (χ0) is 17.3. The zero-order valence-corrected chi connectivity index (χ0v) is 12.7. The quantitative estimate of drug-likeness (QED) is 0.573. The highest BCUT2D eigenvalue weighted by atomic mass is 16.6. The van der Waals surface area contributed by atoms with Gasteiger partial charge in [0.1, 0.15) is 5.82 Å². The van der Waals surface area contributed by atoms with E-state index < -0.39 is 16.4 Å². The van der Waals surface area contributed by atoms with Gasteiger partial charge in [0.05, 0.1) is 22.4 Å². The molecule has 0 aliphatic heterocycles. The third kappa shape index (κ3) is 2.65. The van der Waals surface area contributed by atoms with E-state index in [1.165, 1.54) is 16.8 Å². The molecule has 0 saturated heterocycles. The van der Waals surface area contributed by atoms with E-state index in [1.807, 2.05) is 0 Å². The molecule has 8 nitrogen and oxygen atoms in total. The van der Waals surface area contributed by atoms with Gasteiger partial charge in [-0.05, 0) is 30.4 Å². The van der Waals surface area contributed by atoms with Crippen LogP contribution in [-0.2, 0) is 6.54 Å². The van der Waals surface area contributed by atoms with Crippen molar-refractivity contribution >= 4 is 16.6 Å². The fraction of sp³-hybridized carbons (Fsp3) is 0.125. The lowest BCUT2D eigenvalue weighted by Crippen LogP contribution is -2.31. The van der Waals surface area contributed by atoms with Gasteiger partial charge in [0.25, 0.3) is 11.2 Å². The Morgan fingerprint density at radius 1 is 1.21 bits per heavy atom. The molecule has 24 heavy (non-hydrogen) atoms. The summed E-state index contributed by atoms with van der Waals surface area (Å²) in [5.74, 6) is -0.244. The van der Waals surface area contributed by atoms with Gasteiger partial charge in [-0.15, -0.1) is 0 Å². The van der Waals surface area contributed by atoms with Crippen LogP contribution >= 0.6 is 0 Å². The maximum atomic E-state index is 12.5. The van der Waals surface area contributed by atoms with Crippen molar-refractivity contribution in [3.63, 3.8) is 0 Å². The number of nitrogens with zero attached hydrogens (tertiary/aromatic N) is 3. The van der Waals surface area contributed by atoms with E-state index in [2.05, 4.69) is 10.4 Å². The van der Waals surface area contributed by atoms with Gasteiger partial charge >= 0.3 is 0 Å². The van der Waals surface area contributed by atoms with Crippen LogP contribution in [0.1, 0.15) is 11.4 Å². The molecule has 0 saturated carbocycles. The maximum Gasteiger partial charge on any atom is 0.279 e. The number of nitro benzene ring substituents is 1. The summed E-state index contributed by atoms with van der Waals surface area (Å²) in [6, 6.07) is 11.0. The second-order valence-corrected chi connectivity index (χ2v) is 5.17. The number of rotatable bonds is 4. The standard InChI is InChI=1S/C16H14N4O4/c1-10-18-13-7-3-2-6-12(13)16(22)19(10)17-9-11-5-4-8-14(15(11)21)20(23)24/h2-8,17,21H,9H2,1H3/p-1. The number of aromatic nitrogens is 2. The fourth-order valence-corrected chi connectivity index (χ4v) is 2.45. The molecule has 2 aromatic carbocycles. The van der Waals surface area contributed by atoms with E-state index in [4.69, 9.17) is 0 Å². The van der Waals surface area contributed by atoms with E-state index in [0.717, 1.165) is 6.07 Å². The molecule has 1 heterocycles. The van der Waals surface area contributed by atoms with Crippen molar-refractivity contribution in [3.05, 3.63) is 74.3 Å². The van der Waals surface area contributed by atoms with Gasteiger partial charge in [0, 0.05) is 6.07 Å². The number of para-hydroxylation sites is 2. The monoisotopic (exact) mass is 325 g/mol. The Labute approximate surface area is 136 Å². The van der Waals surface area contributed by atoms with Crippen LogP contribution in [0, 0.1) is 17.0 Å². The van der Waals surface area contributed by atoms with Gasteiger partial charge in [-0.25, -0.2) is 9.66 Å². The van der Waals surface area contributed by atoms with Crippen LogP contribution in [0.5, 0.6) is 5.75 Å². The largest absolute Gasteiger partial charge is 0.868 e. The molecule has 0 atom stereocenters. The molecule has 3 aromatic rings. The zero-order valence-electron chi connectivity index (χ0n) is 12.7. The highest BCUT2D eigenvalue weighted by molar-refractivity contribution is 5.77. The van der Waals surface area contributed by atoms with E-state index >= 15 is 0 Å². The summed E-state index contributed by atoms with van der Waals surface area (Å²) in [6.07, 6.45) is 0. The smallest absolute Gasteiger partial charge is 0.279 e. The maximum absolute atomic E-state index is 12.5. The summed E-state index contributed by atoms with van der Waals surface area (Å²) in [4.78, 5) is 26.9. The Hall–Kier alpha value is -3.42. The van der Waals surface area contributed by atoms with Crippen molar-refractivity contribution in [1.29, 1.82) is 0 Å². The predicted molar refractivity (Wildman–Crippen MR) is 86.3 cm³/mol. The minimum atomic E-state index is -0.721. The Kier molecular flexibility index (Phi) is 3.87. The lowest BCUT2D eigenvalue weighted by atomic mass is 10.2. The van der Waals surface area contributed by atoms with Crippen LogP contribution in [0.15, 0.2) is 47.3 Å². The average Bonchev–Trinajstić information content (AvgIpc) is 2.55. The van der Waals surface area contributed by atoms with Crippen molar-refractivity contribution in [2.24, 2.45) is 0 Å². The summed E-state index contributed by atoms with van der Waals surface area (Å²) in [7, 11) is 0. The molecule has 8 heteroatoms. The van der Waals surface area contributed by atoms with Gasteiger partial charge in [-0.1, -0.05) is 24.3 Å². The topological polar surface area (TPSA) is 113 Å². The van der Waals surface area contributed by atoms with Crippen molar-refractivity contribution in [2.45, 2.75) is 13.5 Å². The summed E-state index contributed by atoms with van der Waals surface area (Å²) in [5.41, 5.74) is 2.81. The highest BCUT2D eigenvalue weighted by Crippen LogP contribution is 2.26. The molecule has 122 valence electrons. The van der Waals surface area contributed by atoms with Crippen molar-refractivity contribution in [1.82, 2.24) is 9.66 Å². The number of aryl methyl sites for hydroxylation is 1. The molecule has 1 aromatic heterocycles. The lowest BCUT2D eigenvalue weighted by Gasteiger charge is -2.17. The first-order valence-electron chi connectivity index (χ1n) is 7.14. The molecule has 0 spiro atoms. The molecule has 0 aliphatic carbocycles. The minimum absolute atomic E-state index is 0.0265. The molecule has 0 fully saturated rings. The number of nitro groups is 1. The first kappa shape index (κ1) is 15.5. The fourth-order valence-electron chi connectivity index (χ4n) is 2.45. The summed E-state index contributed by atoms with van der Waals surface area (Å²) >= 11 is 0. The van der Waals surface area contributed by atoms with Gasteiger partial charge in [-0.3, -0.25) is 14.9 Å². The number of nitrogens with one attached hydrogen (secondary N) is 1. The van der Waals surface area contributed by atoms with Crippen molar-refractivity contribution in [2.75, 3.05) is 5.43 Å². The second-order valence-electron chi connectivity index (χ2n) is 5.17. The Balaban J connectivity index is 1.96. The first-order valence-corrected chi connectivity index (χ1v) is 7.14. The molecule has 0 bridgehead atoms. The van der Waals surface area contributed by atoms with E-state index in [0.29, 0.717) is 16.7 Å². The average molecular weight is 325 g/mol. The molecular formula is C16H13N4O4-. The normalized spacial score (nSPS) is 10.7. The number of benzene rings is 2. The van der Waals surface area contributed by atoms with Gasteiger partial charge in [0.2, 0.25) is 0 Å². The van der Waals surface area contributed by atoms with Gasteiger partial charge in [-0.2, -0.15) is 0 Å². The van der Waals surface area contributed by atoms with E-state index in [-0.39, 0.29) is 17.7 Å². The Morgan fingerprint density at radius 3 is 2.71 bits per heavy atom. The van der Waals surface area contributed by atoms with Crippen LogP contribution in [0.25, 0.3) is 10.9 Å². The molecular weight excluding hydrogens is 312 g/mol. The third-order valence-corrected chi connectivity index (χ3v) is 3.64. The van der Waals surface area contributed by atoms with Crippen LogP contribution < -0.4 is 16.1 Å². The van der Waals surface area contributed by atoms with Crippen LogP contribution in [0.4, 0.5) is 5.69 Å².